The SMILES string of the molecule is C=CC(=O)N(Cc1csc(-c2ccccc2)c1)C[C@@H](O)CC. The first-order chi connectivity index (χ1) is 10.6. The molecule has 1 aromatic carbocycles. The molecule has 1 aromatic heterocycles. The number of aliphatic hydroxyl groups is 1. The van der Waals surface area contributed by atoms with E-state index in [1.807, 2.05) is 25.1 Å². The lowest BCUT2D eigenvalue weighted by molar-refractivity contribution is -0.128. The maximum absolute atomic E-state index is 11.9. The quantitative estimate of drug-likeness (QED) is 0.791. The molecule has 4 heteroatoms. The number of carbonyl (C=O) groups excluding carboxylic acids is 1. The number of hydrogen-bond acceptors (Lipinski definition) is 3. The number of benzene rings is 1. The molecular weight excluding hydrogens is 294 g/mol. The Morgan fingerprint density at radius 2 is 2.14 bits per heavy atom. The molecule has 1 N–H and O–H groups in total. The van der Waals surface area contributed by atoms with Gasteiger partial charge >= 0.3 is 0 Å². The average Bonchev–Trinajstić information content (AvgIpc) is 3.02. The summed E-state index contributed by atoms with van der Waals surface area (Å²) in [5.41, 5.74) is 2.25. The molecular formula is C18H21NO2S. The third-order valence-corrected chi connectivity index (χ3v) is 4.50. The zero-order chi connectivity index (χ0) is 15.9. The van der Waals surface area contributed by atoms with Crippen molar-refractivity contribution in [1.82, 2.24) is 4.90 Å². The first-order valence-electron chi connectivity index (χ1n) is 7.36. The topological polar surface area (TPSA) is 40.5 Å². The standard InChI is InChI=1S/C18H21NO2S/c1-3-16(20)12-19(18(21)4-2)11-14-10-17(22-13-14)15-8-6-5-7-9-15/h4-10,13,16,20H,2-3,11-12H2,1H3/t16-/m0/s1. The van der Waals surface area contributed by atoms with E-state index in [2.05, 4.69) is 30.2 Å². The minimum atomic E-state index is -0.504. The summed E-state index contributed by atoms with van der Waals surface area (Å²) in [6.45, 7) is 6.26. The number of rotatable bonds is 7. The molecule has 0 aliphatic carbocycles. The third-order valence-electron chi connectivity index (χ3n) is 3.47. The van der Waals surface area contributed by atoms with Gasteiger partial charge in [-0.15, -0.1) is 11.3 Å². The Labute approximate surface area is 135 Å². The molecule has 0 bridgehead atoms. The number of thiophene rings is 1. The van der Waals surface area contributed by atoms with Crippen LogP contribution in [-0.4, -0.2) is 28.6 Å². The van der Waals surface area contributed by atoms with Crippen LogP contribution in [0.1, 0.15) is 18.9 Å². The Morgan fingerprint density at radius 1 is 1.41 bits per heavy atom. The summed E-state index contributed by atoms with van der Waals surface area (Å²) in [6.07, 6.45) is 1.42. The lowest BCUT2D eigenvalue weighted by Gasteiger charge is -2.23. The number of hydrogen-bond donors (Lipinski definition) is 1. The highest BCUT2D eigenvalue weighted by atomic mass is 32.1. The zero-order valence-corrected chi connectivity index (χ0v) is 13.6. The van der Waals surface area contributed by atoms with Crippen LogP contribution in [0.5, 0.6) is 0 Å². The number of amides is 1. The van der Waals surface area contributed by atoms with Gasteiger partial charge in [0.25, 0.3) is 0 Å². The molecule has 116 valence electrons. The number of nitrogens with zero attached hydrogens (tertiary/aromatic N) is 1. The summed E-state index contributed by atoms with van der Waals surface area (Å²) < 4.78 is 0. The van der Waals surface area contributed by atoms with Gasteiger partial charge in [-0.25, -0.2) is 0 Å². The van der Waals surface area contributed by atoms with Gasteiger partial charge in [0.2, 0.25) is 5.91 Å². The van der Waals surface area contributed by atoms with E-state index in [1.165, 1.54) is 16.5 Å². The van der Waals surface area contributed by atoms with Crippen molar-refractivity contribution in [2.45, 2.75) is 26.0 Å². The van der Waals surface area contributed by atoms with Gasteiger partial charge in [-0.1, -0.05) is 43.8 Å². The van der Waals surface area contributed by atoms with E-state index in [0.717, 1.165) is 5.56 Å². The van der Waals surface area contributed by atoms with E-state index >= 15 is 0 Å². The minimum Gasteiger partial charge on any atom is -0.391 e. The van der Waals surface area contributed by atoms with Crippen molar-refractivity contribution in [2.24, 2.45) is 0 Å². The summed E-state index contributed by atoms with van der Waals surface area (Å²) in [6, 6.07) is 12.3. The lowest BCUT2D eigenvalue weighted by Crippen LogP contribution is -2.35. The van der Waals surface area contributed by atoms with Crippen LogP contribution < -0.4 is 0 Å². The Morgan fingerprint density at radius 3 is 2.77 bits per heavy atom. The molecule has 1 heterocycles. The van der Waals surface area contributed by atoms with Gasteiger partial charge in [0.1, 0.15) is 0 Å². The van der Waals surface area contributed by atoms with Gasteiger partial charge in [-0.05, 0) is 35.1 Å². The van der Waals surface area contributed by atoms with Gasteiger partial charge in [0.05, 0.1) is 6.10 Å². The van der Waals surface area contributed by atoms with Crippen molar-refractivity contribution in [1.29, 1.82) is 0 Å². The van der Waals surface area contributed by atoms with Crippen LogP contribution in [-0.2, 0) is 11.3 Å². The highest BCUT2D eigenvalue weighted by Crippen LogP contribution is 2.27. The van der Waals surface area contributed by atoms with Crippen LogP contribution in [0.4, 0.5) is 0 Å². The summed E-state index contributed by atoms with van der Waals surface area (Å²) >= 11 is 1.66. The van der Waals surface area contributed by atoms with Crippen molar-refractivity contribution >= 4 is 17.2 Å². The molecule has 0 aliphatic heterocycles. The normalized spacial score (nSPS) is 11.9. The monoisotopic (exact) mass is 315 g/mol. The fourth-order valence-corrected chi connectivity index (χ4v) is 3.09. The predicted molar refractivity (Wildman–Crippen MR) is 91.7 cm³/mol. The molecule has 1 atom stereocenters. The maximum atomic E-state index is 11.9. The van der Waals surface area contributed by atoms with Crippen LogP contribution in [0.15, 0.2) is 54.4 Å². The smallest absolute Gasteiger partial charge is 0.246 e. The van der Waals surface area contributed by atoms with E-state index in [9.17, 15) is 9.90 Å². The van der Waals surface area contributed by atoms with Crippen molar-refractivity contribution in [2.75, 3.05) is 6.54 Å². The van der Waals surface area contributed by atoms with Crippen LogP contribution in [0.3, 0.4) is 0 Å². The van der Waals surface area contributed by atoms with Crippen LogP contribution in [0.25, 0.3) is 10.4 Å². The maximum Gasteiger partial charge on any atom is 0.246 e. The molecule has 0 unspecified atom stereocenters. The third kappa shape index (κ3) is 4.29. The highest BCUT2D eigenvalue weighted by molar-refractivity contribution is 7.13. The fraction of sp³-hybridized carbons (Fsp3) is 0.278. The van der Waals surface area contributed by atoms with Gasteiger partial charge in [0.15, 0.2) is 0 Å². The highest BCUT2D eigenvalue weighted by Gasteiger charge is 2.15. The minimum absolute atomic E-state index is 0.153. The second-order valence-electron chi connectivity index (χ2n) is 5.17. The van der Waals surface area contributed by atoms with Gasteiger partial charge in [-0.3, -0.25) is 4.79 Å². The van der Waals surface area contributed by atoms with Gasteiger partial charge in [0, 0.05) is 18.0 Å². The second kappa shape index (κ2) is 7.92. The van der Waals surface area contributed by atoms with Crippen LogP contribution in [0.2, 0.25) is 0 Å². The molecule has 1 amide bonds. The molecule has 3 nitrogen and oxygen atoms in total. The Bertz CT molecular complexity index is 621. The molecule has 2 aromatic rings. The summed E-state index contributed by atoms with van der Waals surface area (Å²) in [7, 11) is 0. The first kappa shape index (κ1) is 16.5. The largest absolute Gasteiger partial charge is 0.391 e. The molecule has 0 fully saturated rings. The molecule has 0 saturated heterocycles. The zero-order valence-electron chi connectivity index (χ0n) is 12.7. The van der Waals surface area contributed by atoms with Gasteiger partial charge in [-0.2, -0.15) is 0 Å². The van der Waals surface area contributed by atoms with E-state index in [1.54, 1.807) is 16.2 Å². The first-order valence-corrected chi connectivity index (χ1v) is 8.24. The molecule has 0 radical (unpaired) electrons. The summed E-state index contributed by atoms with van der Waals surface area (Å²) in [5.74, 6) is -0.153. The van der Waals surface area contributed by atoms with Crippen molar-refractivity contribution < 1.29 is 9.90 Å². The predicted octanol–water partition coefficient (Wildman–Crippen LogP) is 3.70. The number of aliphatic hydroxyl groups excluding tert-OH is 1. The van der Waals surface area contributed by atoms with E-state index in [-0.39, 0.29) is 5.91 Å². The summed E-state index contributed by atoms with van der Waals surface area (Å²) in [4.78, 5) is 14.8. The van der Waals surface area contributed by atoms with E-state index in [0.29, 0.717) is 19.5 Å². The van der Waals surface area contributed by atoms with Gasteiger partial charge < -0.3 is 10.0 Å². The Kier molecular flexibility index (Phi) is 5.92. The Balaban J connectivity index is 2.12. The average molecular weight is 315 g/mol. The van der Waals surface area contributed by atoms with Crippen LogP contribution in [0, 0.1) is 0 Å². The number of carbonyl (C=O) groups is 1. The molecule has 0 spiro atoms. The molecule has 0 aliphatic rings. The lowest BCUT2D eigenvalue weighted by atomic mass is 10.1. The fourth-order valence-electron chi connectivity index (χ4n) is 2.18. The molecule has 22 heavy (non-hydrogen) atoms. The summed E-state index contributed by atoms with van der Waals surface area (Å²) in [5, 5.41) is 11.9. The molecule has 0 saturated carbocycles. The Hall–Kier alpha value is -1.91. The van der Waals surface area contributed by atoms with Crippen molar-refractivity contribution in [3.8, 4) is 10.4 Å². The second-order valence-corrected chi connectivity index (χ2v) is 6.08. The van der Waals surface area contributed by atoms with E-state index in [4.69, 9.17) is 0 Å². The molecule has 2 rings (SSSR count). The van der Waals surface area contributed by atoms with E-state index < -0.39 is 6.10 Å². The van der Waals surface area contributed by atoms with Crippen LogP contribution >= 0.6 is 11.3 Å². The van der Waals surface area contributed by atoms with Crippen molar-refractivity contribution in [3.63, 3.8) is 0 Å². The van der Waals surface area contributed by atoms with Crippen molar-refractivity contribution in [3.05, 3.63) is 60.0 Å².